The Balaban J connectivity index is 1.53. The SMILES string of the molecule is CN1C2C=C(Cc3ccc(-c4ccccc4C#N)cc3)CC1CCC2. The lowest BCUT2D eigenvalue weighted by Gasteiger charge is -2.42. The first kappa shape index (κ1) is 16.1. The zero-order chi connectivity index (χ0) is 17.2. The summed E-state index contributed by atoms with van der Waals surface area (Å²) < 4.78 is 0. The van der Waals surface area contributed by atoms with E-state index in [-0.39, 0.29) is 0 Å². The van der Waals surface area contributed by atoms with Gasteiger partial charge in [0.15, 0.2) is 0 Å². The maximum absolute atomic E-state index is 9.29. The van der Waals surface area contributed by atoms with Gasteiger partial charge >= 0.3 is 0 Å². The number of piperidine rings is 1. The van der Waals surface area contributed by atoms with E-state index in [1.807, 2.05) is 24.3 Å². The van der Waals surface area contributed by atoms with Crippen LogP contribution in [0.2, 0.25) is 0 Å². The van der Waals surface area contributed by atoms with Crippen molar-refractivity contribution in [2.45, 2.75) is 44.2 Å². The second-order valence-electron chi connectivity index (χ2n) is 7.38. The van der Waals surface area contributed by atoms with Gasteiger partial charge in [0.1, 0.15) is 0 Å². The first-order chi connectivity index (χ1) is 12.2. The molecule has 0 N–H and O–H groups in total. The summed E-state index contributed by atoms with van der Waals surface area (Å²) in [5, 5.41) is 9.29. The van der Waals surface area contributed by atoms with Gasteiger partial charge < -0.3 is 0 Å². The van der Waals surface area contributed by atoms with E-state index >= 15 is 0 Å². The Morgan fingerprint density at radius 2 is 1.88 bits per heavy atom. The van der Waals surface area contributed by atoms with Gasteiger partial charge in [0, 0.05) is 12.1 Å². The van der Waals surface area contributed by atoms with Crippen molar-refractivity contribution in [3.63, 3.8) is 0 Å². The molecule has 1 fully saturated rings. The quantitative estimate of drug-likeness (QED) is 0.745. The molecule has 25 heavy (non-hydrogen) atoms. The molecule has 0 radical (unpaired) electrons. The Bertz CT molecular complexity index is 826. The van der Waals surface area contributed by atoms with Crippen molar-refractivity contribution in [1.82, 2.24) is 4.90 Å². The molecule has 2 aromatic rings. The number of hydrogen-bond acceptors (Lipinski definition) is 2. The average Bonchev–Trinajstić information content (AvgIpc) is 2.63. The molecule has 2 bridgehead atoms. The highest BCUT2D eigenvalue weighted by atomic mass is 15.2. The number of nitrogens with zero attached hydrogens (tertiary/aromatic N) is 2. The van der Waals surface area contributed by atoms with Gasteiger partial charge in [-0.3, -0.25) is 4.90 Å². The van der Waals surface area contributed by atoms with E-state index in [9.17, 15) is 5.26 Å². The predicted molar refractivity (Wildman–Crippen MR) is 102 cm³/mol. The van der Waals surface area contributed by atoms with Crippen LogP contribution in [0, 0.1) is 11.3 Å². The molecule has 2 heterocycles. The minimum absolute atomic E-state index is 0.643. The molecule has 0 aromatic heterocycles. The minimum atomic E-state index is 0.643. The van der Waals surface area contributed by atoms with Crippen molar-refractivity contribution in [3.05, 3.63) is 71.3 Å². The molecule has 126 valence electrons. The van der Waals surface area contributed by atoms with E-state index in [0.717, 1.165) is 29.2 Å². The zero-order valence-electron chi connectivity index (χ0n) is 14.8. The molecule has 2 heteroatoms. The lowest BCUT2D eigenvalue weighted by Crippen LogP contribution is -2.46. The average molecular weight is 328 g/mol. The Hall–Kier alpha value is -2.37. The third-order valence-electron chi connectivity index (χ3n) is 5.81. The number of benzene rings is 2. The van der Waals surface area contributed by atoms with Crippen LogP contribution in [0.4, 0.5) is 0 Å². The third-order valence-corrected chi connectivity index (χ3v) is 5.81. The second kappa shape index (κ2) is 6.86. The highest BCUT2D eigenvalue weighted by Gasteiger charge is 2.30. The number of rotatable bonds is 3. The van der Waals surface area contributed by atoms with E-state index in [1.54, 1.807) is 5.57 Å². The topological polar surface area (TPSA) is 27.0 Å². The van der Waals surface area contributed by atoms with Crippen LogP contribution < -0.4 is 0 Å². The largest absolute Gasteiger partial charge is 0.297 e. The van der Waals surface area contributed by atoms with Crippen LogP contribution in [0.15, 0.2) is 60.2 Å². The van der Waals surface area contributed by atoms with Gasteiger partial charge in [-0.25, -0.2) is 0 Å². The van der Waals surface area contributed by atoms with Crippen molar-refractivity contribution >= 4 is 0 Å². The van der Waals surface area contributed by atoms with Gasteiger partial charge in [0.2, 0.25) is 0 Å². The Labute approximate surface area is 150 Å². The number of hydrogen-bond donors (Lipinski definition) is 0. The van der Waals surface area contributed by atoms with E-state index in [4.69, 9.17) is 0 Å². The van der Waals surface area contributed by atoms with Gasteiger partial charge in [-0.15, -0.1) is 0 Å². The normalized spacial score (nSPS) is 23.0. The lowest BCUT2D eigenvalue weighted by atomic mass is 9.83. The highest BCUT2D eigenvalue weighted by molar-refractivity contribution is 5.70. The fourth-order valence-corrected chi connectivity index (χ4v) is 4.36. The molecule has 1 saturated heterocycles. The maximum Gasteiger partial charge on any atom is 0.0998 e. The van der Waals surface area contributed by atoms with Gasteiger partial charge in [0.25, 0.3) is 0 Å². The summed E-state index contributed by atoms with van der Waals surface area (Å²) in [6.45, 7) is 0. The van der Waals surface area contributed by atoms with Crippen molar-refractivity contribution in [2.24, 2.45) is 0 Å². The predicted octanol–water partition coefficient (Wildman–Crippen LogP) is 4.95. The molecule has 2 aliphatic rings. The number of fused-ring (bicyclic) bond motifs is 2. The minimum Gasteiger partial charge on any atom is -0.297 e. The summed E-state index contributed by atoms with van der Waals surface area (Å²) in [4.78, 5) is 2.56. The molecule has 0 amide bonds. The zero-order valence-corrected chi connectivity index (χ0v) is 14.8. The van der Waals surface area contributed by atoms with Crippen LogP contribution in [-0.2, 0) is 6.42 Å². The van der Waals surface area contributed by atoms with E-state index in [2.05, 4.69) is 48.4 Å². The van der Waals surface area contributed by atoms with Crippen molar-refractivity contribution < 1.29 is 0 Å². The van der Waals surface area contributed by atoms with E-state index in [0.29, 0.717) is 6.04 Å². The van der Waals surface area contributed by atoms with E-state index in [1.165, 1.54) is 31.2 Å². The van der Waals surface area contributed by atoms with Crippen LogP contribution in [0.1, 0.15) is 36.8 Å². The smallest absolute Gasteiger partial charge is 0.0998 e. The van der Waals surface area contributed by atoms with Crippen LogP contribution in [-0.4, -0.2) is 24.0 Å². The molecular weight excluding hydrogens is 304 g/mol. The Morgan fingerprint density at radius 3 is 2.64 bits per heavy atom. The molecule has 4 rings (SSSR count). The van der Waals surface area contributed by atoms with Crippen molar-refractivity contribution in [1.29, 1.82) is 5.26 Å². The summed E-state index contributed by atoms with van der Waals surface area (Å²) in [6, 6.07) is 20.2. The summed E-state index contributed by atoms with van der Waals surface area (Å²) >= 11 is 0. The lowest BCUT2D eigenvalue weighted by molar-refractivity contribution is 0.129. The molecule has 0 saturated carbocycles. The van der Waals surface area contributed by atoms with E-state index < -0.39 is 0 Å². The van der Waals surface area contributed by atoms with Gasteiger partial charge in [-0.05, 0) is 55.5 Å². The van der Waals surface area contributed by atoms with Crippen LogP contribution in [0.25, 0.3) is 11.1 Å². The summed E-state index contributed by atoms with van der Waals surface area (Å²) in [5.74, 6) is 0. The molecule has 2 atom stereocenters. The fraction of sp³-hybridized carbons (Fsp3) is 0.348. The molecule has 0 spiro atoms. The Morgan fingerprint density at radius 1 is 1.08 bits per heavy atom. The molecule has 2 nitrogen and oxygen atoms in total. The summed E-state index contributed by atoms with van der Waals surface area (Å²) in [7, 11) is 2.28. The number of nitriles is 1. The van der Waals surface area contributed by atoms with Crippen LogP contribution in [0.5, 0.6) is 0 Å². The molecule has 2 aromatic carbocycles. The third kappa shape index (κ3) is 3.25. The maximum atomic E-state index is 9.29. The fourth-order valence-electron chi connectivity index (χ4n) is 4.36. The Kier molecular flexibility index (Phi) is 4.42. The van der Waals surface area contributed by atoms with Crippen LogP contribution >= 0.6 is 0 Å². The standard InChI is InChI=1S/C23H24N2/c1-25-21-6-4-7-22(25)15-18(14-21)13-17-9-11-19(12-10-17)23-8-3-2-5-20(23)16-24/h2-3,5,8-12,14,21-22H,4,6-7,13,15H2,1H3. The highest BCUT2D eigenvalue weighted by Crippen LogP contribution is 2.33. The summed E-state index contributed by atoms with van der Waals surface area (Å²) in [6.07, 6.45) is 8.80. The van der Waals surface area contributed by atoms with Crippen molar-refractivity contribution in [2.75, 3.05) is 7.05 Å². The molecule has 2 aliphatic heterocycles. The van der Waals surface area contributed by atoms with Gasteiger partial charge in [0.05, 0.1) is 11.6 Å². The second-order valence-corrected chi connectivity index (χ2v) is 7.38. The molecule has 2 unspecified atom stereocenters. The monoisotopic (exact) mass is 328 g/mol. The first-order valence-electron chi connectivity index (χ1n) is 9.24. The van der Waals surface area contributed by atoms with Crippen molar-refractivity contribution in [3.8, 4) is 17.2 Å². The van der Waals surface area contributed by atoms with Crippen LogP contribution in [0.3, 0.4) is 0 Å². The summed E-state index contributed by atoms with van der Waals surface area (Å²) in [5.41, 5.74) is 5.84. The molecular formula is C23H24N2. The van der Waals surface area contributed by atoms with Gasteiger partial charge in [-0.1, -0.05) is 60.5 Å². The van der Waals surface area contributed by atoms with Gasteiger partial charge in [-0.2, -0.15) is 5.26 Å². The number of likely N-dealkylation sites (N-methyl/N-ethyl adjacent to an activating group) is 1. The molecule has 0 aliphatic carbocycles. The first-order valence-corrected chi connectivity index (χ1v) is 9.24.